The molecule has 0 radical (unpaired) electrons. The zero-order valence-electron chi connectivity index (χ0n) is 8.40. The Morgan fingerprint density at radius 2 is 2.47 bits per heavy atom. The van der Waals surface area contributed by atoms with Crippen molar-refractivity contribution in [2.75, 3.05) is 6.61 Å². The Morgan fingerprint density at radius 1 is 1.60 bits per heavy atom. The molecule has 0 aliphatic heterocycles. The molecule has 0 saturated carbocycles. The Morgan fingerprint density at radius 3 is 3.27 bits per heavy atom. The average molecular weight is 205 g/mol. The maximum absolute atomic E-state index is 11.3. The van der Waals surface area contributed by atoms with Gasteiger partial charge in [0.1, 0.15) is 0 Å². The summed E-state index contributed by atoms with van der Waals surface area (Å²) < 4.78 is 10.1. The first-order valence-corrected chi connectivity index (χ1v) is 4.77. The van der Waals surface area contributed by atoms with Crippen LogP contribution in [0.3, 0.4) is 0 Å². The predicted molar refractivity (Wildman–Crippen MR) is 54.3 cm³/mol. The zero-order valence-corrected chi connectivity index (χ0v) is 8.40. The number of carbonyl (C=O) groups is 1. The van der Waals surface area contributed by atoms with Crippen LogP contribution in [0.2, 0.25) is 0 Å². The summed E-state index contributed by atoms with van der Waals surface area (Å²) in [5, 5.41) is 0.915. The number of ether oxygens (including phenoxy) is 1. The maximum Gasteiger partial charge on any atom is 0.310 e. The molecule has 4 nitrogen and oxygen atoms in total. The second-order valence-corrected chi connectivity index (χ2v) is 3.11. The van der Waals surface area contributed by atoms with Gasteiger partial charge >= 0.3 is 5.97 Å². The molecule has 0 aliphatic carbocycles. The molecular weight excluding hydrogens is 194 g/mol. The normalized spacial score (nSPS) is 10.5. The molecule has 78 valence electrons. The fourth-order valence-electron chi connectivity index (χ4n) is 1.44. The van der Waals surface area contributed by atoms with E-state index in [2.05, 4.69) is 4.98 Å². The Balaban J connectivity index is 2.25. The van der Waals surface area contributed by atoms with E-state index >= 15 is 0 Å². The van der Waals surface area contributed by atoms with Gasteiger partial charge in [0.25, 0.3) is 0 Å². The van der Waals surface area contributed by atoms with E-state index < -0.39 is 0 Å². The number of aromatic nitrogens is 1. The Bertz CT molecular complexity index is 475. The average Bonchev–Trinajstić information content (AvgIpc) is 2.62. The van der Waals surface area contributed by atoms with Crippen molar-refractivity contribution in [3.05, 3.63) is 30.3 Å². The van der Waals surface area contributed by atoms with Crippen LogP contribution >= 0.6 is 0 Å². The lowest BCUT2D eigenvalue weighted by Crippen LogP contribution is -2.06. The van der Waals surface area contributed by atoms with Crippen LogP contribution in [0.15, 0.2) is 29.1 Å². The molecule has 0 bridgehead atoms. The summed E-state index contributed by atoms with van der Waals surface area (Å²) in [5.41, 5.74) is 1.53. The quantitative estimate of drug-likeness (QED) is 0.718. The number of hydrogen-bond donors (Lipinski definition) is 0. The fourth-order valence-corrected chi connectivity index (χ4v) is 1.44. The van der Waals surface area contributed by atoms with Crippen LogP contribution in [0.1, 0.15) is 12.5 Å². The van der Waals surface area contributed by atoms with Crippen LogP contribution in [-0.2, 0) is 16.0 Å². The summed E-state index contributed by atoms with van der Waals surface area (Å²) in [6.07, 6.45) is 5.12. The molecule has 2 heterocycles. The fraction of sp³-hybridized carbons (Fsp3) is 0.273. The van der Waals surface area contributed by atoms with Crippen LogP contribution in [-0.4, -0.2) is 17.6 Å². The van der Waals surface area contributed by atoms with Gasteiger partial charge in [-0.25, -0.2) is 0 Å². The van der Waals surface area contributed by atoms with Crippen molar-refractivity contribution in [2.45, 2.75) is 13.3 Å². The number of carbonyl (C=O) groups excluding carboxylic acids is 1. The van der Waals surface area contributed by atoms with Crippen molar-refractivity contribution in [1.82, 2.24) is 4.98 Å². The van der Waals surface area contributed by atoms with Crippen LogP contribution in [0, 0.1) is 0 Å². The van der Waals surface area contributed by atoms with Gasteiger partial charge in [-0.1, -0.05) is 0 Å². The van der Waals surface area contributed by atoms with E-state index in [1.54, 1.807) is 25.6 Å². The standard InChI is InChI=1S/C11H11NO3/c1-2-14-11(13)5-8-7-15-10-6-12-4-3-9(8)10/h3-4,6-7H,2,5H2,1H3. The van der Waals surface area contributed by atoms with Gasteiger partial charge in [0.05, 0.1) is 25.5 Å². The summed E-state index contributed by atoms with van der Waals surface area (Å²) in [5.74, 6) is -0.239. The van der Waals surface area contributed by atoms with Gasteiger partial charge in [-0.2, -0.15) is 0 Å². The van der Waals surface area contributed by atoms with Crippen molar-refractivity contribution in [3.63, 3.8) is 0 Å². The molecule has 0 aliphatic rings. The maximum atomic E-state index is 11.3. The second-order valence-electron chi connectivity index (χ2n) is 3.11. The number of nitrogens with zero attached hydrogens (tertiary/aromatic N) is 1. The van der Waals surface area contributed by atoms with Crippen molar-refractivity contribution in [3.8, 4) is 0 Å². The first-order valence-electron chi connectivity index (χ1n) is 4.77. The molecule has 2 rings (SSSR count). The number of esters is 1. The monoisotopic (exact) mass is 205 g/mol. The number of rotatable bonds is 3. The largest absolute Gasteiger partial charge is 0.466 e. The molecule has 15 heavy (non-hydrogen) atoms. The van der Waals surface area contributed by atoms with Gasteiger partial charge in [-0.15, -0.1) is 0 Å². The van der Waals surface area contributed by atoms with Crippen LogP contribution in [0.5, 0.6) is 0 Å². The van der Waals surface area contributed by atoms with Crippen molar-refractivity contribution in [2.24, 2.45) is 0 Å². The van der Waals surface area contributed by atoms with Crippen molar-refractivity contribution < 1.29 is 13.9 Å². The molecule has 2 aromatic rings. The summed E-state index contributed by atoms with van der Waals surface area (Å²) >= 11 is 0. The number of fused-ring (bicyclic) bond motifs is 1. The highest BCUT2D eigenvalue weighted by molar-refractivity contribution is 5.85. The first-order chi connectivity index (χ1) is 7.31. The number of hydrogen-bond acceptors (Lipinski definition) is 4. The van der Waals surface area contributed by atoms with E-state index in [9.17, 15) is 4.79 Å². The SMILES string of the molecule is CCOC(=O)Cc1coc2cnccc12. The highest BCUT2D eigenvalue weighted by atomic mass is 16.5. The topological polar surface area (TPSA) is 52.3 Å². The molecule has 0 atom stereocenters. The number of furan rings is 1. The smallest absolute Gasteiger partial charge is 0.310 e. The minimum absolute atomic E-state index is 0.239. The van der Waals surface area contributed by atoms with Crippen LogP contribution in [0.25, 0.3) is 11.0 Å². The summed E-state index contributed by atoms with van der Waals surface area (Å²) in [7, 11) is 0. The van der Waals surface area contributed by atoms with Gasteiger partial charge in [-0.05, 0) is 13.0 Å². The zero-order chi connectivity index (χ0) is 10.7. The molecule has 0 unspecified atom stereocenters. The van der Waals surface area contributed by atoms with Gasteiger partial charge < -0.3 is 9.15 Å². The highest BCUT2D eigenvalue weighted by Gasteiger charge is 2.10. The Labute approximate surface area is 86.9 Å². The second kappa shape index (κ2) is 4.13. The van der Waals surface area contributed by atoms with Crippen LogP contribution in [0.4, 0.5) is 0 Å². The summed E-state index contributed by atoms with van der Waals surface area (Å²) in [4.78, 5) is 15.2. The third-order valence-electron chi connectivity index (χ3n) is 2.10. The predicted octanol–water partition coefficient (Wildman–Crippen LogP) is 1.93. The first kappa shape index (κ1) is 9.71. The summed E-state index contributed by atoms with van der Waals surface area (Å²) in [6, 6.07) is 1.83. The molecule has 2 aromatic heterocycles. The van der Waals surface area contributed by atoms with Gasteiger partial charge in [0.2, 0.25) is 0 Å². The number of pyridine rings is 1. The lowest BCUT2D eigenvalue weighted by Gasteiger charge is -1.99. The third kappa shape index (κ3) is 1.98. The van der Waals surface area contributed by atoms with E-state index in [1.165, 1.54) is 0 Å². The molecule has 0 aromatic carbocycles. The van der Waals surface area contributed by atoms with Crippen LogP contribution < -0.4 is 0 Å². The highest BCUT2D eigenvalue weighted by Crippen LogP contribution is 2.20. The van der Waals surface area contributed by atoms with E-state index in [-0.39, 0.29) is 12.4 Å². The van der Waals surface area contributed by atoms with Gasteiger partial charge in [0, 0.05) is 17.1 Å². The molecular formula is C11H11NO3. The van der Waals surface area contributed by atoms with Gasteiger partial charge in [-0.3, -0.25) is 9.78 Å². The molecule has 0 spiro atoms. The lowest BCUT2D eigenvalue weighted by molar-refractivity contribution is -0.142. The van der Waals surface area contributed by atoms with Gasteiger partial charge in [0.15, 0.2) is 5.58 Å². The lowest BCUT2D eigenvalue weighted by atomic mass is 10.1. The minimum Gasteiger partial charge on any atom is -0.466 e. The third-order valence-corrected chi connectivity index (χ3v) is 2.10. The molecule has 0 fully saturated rings. The van der Waals surface area contributed by atoms with E-state index in [4.69, 9.17) is 9.15 Å². The molecule has 0 amide bonds. The molecule has 0 saturated heterocycles. The van der Waals surface area contributed by atoms with E-state index in [1.807, 2.05) is 6.07 Å². The van der Waals surface area contributed by atoms with Crippen molar-refractivity contribution in [1.29, 1.82) is 0 Å². The molecule has 4 heteroatoms. The Hall–Kier alpha value is -1.84. The summed E-state index contributed by atoms with van der Waals surface area (Å²) in [6.45, 7) is 2.19. The van der Waals surface area contributed by atoms with Crippen molar-refractivity contribution >= 4 is 16.9 Å². The minimum atomic E-state index is -0.239. The molecule has 0 N–H and O–H groups in total. The van der Waals surface area contributed by atoms with E-state index in [0.29, 0.717) is 12.2 Å². The van der Waals surface area contributed by atoms with E-state index in [0.717, 1.165) is 10.9 Å². The Kier molecular flexibility index (Phi) is 2.67.